The summed E-state index contributed by atoms with van der Waals surface area (Å²) in [6.07, 6.45) is 0. The van der Waals surface area contributed by atoms with Gasteiger partial charge in [0.2, 0.25) is 5.39 Å². The fourth-order valence-electron chi connectivity index (χ4n) is 0.703. The van der Waals surface area contributed by atoms with Crippen LogP contribution in [0, 0.1) is 15.5 Å². The molecule has 1 aromatic carbocycles. The molecular weight excluding hydrogens is 382 g/mol. The third kappa shape index (κ3) is 10.9. The monoisotopic (exact) mass is 385 g/mol. The van der Waals surface area contributed by atoms with Crippen LogP contribution >= 0.6 is 0 Å². The Morgan fingerprint density at radius 1 is 1.11 bits per heavy atom. The van der Waals surface area contributed by atoms with Crippen molar-refractivity contribution < 1.29 is 21.8 Å². The molecule has 0 saturated heterocycles. The van der Waals surface area contributed by atoms with Crippen LogP contribution in [0.25, 0.3) is 4.98 Å². The third-order valence-corrected chi connectivity index (χ3v) is 1.19. The van der Waals surface area contributed by atoms with Gasteiger partial charge in [0.05, 0.1) is 4.92 Å². The first-order valence-corrected chi connectivity index (χ1v) is 9.64. The molecule has 12 heteroatoms. The number of halogens is 6. The number of nitro groups is 1. The second-order valence-electron chi connectivity index (χ2n) is 2.80. The summed E-state index contributed by atoms with van der Waals surface area (Å²) in [5.41, 5.74) is -0.229. The van der Waals surface area contributed by atoms with Crippen molar-refractivity contribution in [1.82, 2.24) is 0 Å². The molecule has 0 spiro atoms. The van der Waals surface area contributed by atoms with Gasteiger partial charge >= 0.3 is 47.7 Å². The molecule has 18 heavy (non-hydrogen) atoms. The van der Waals surface area contributed by atoms with Crippen LogP contribution in [0.5, 0.6) is 0 Å². The summed E-state index contributed by atoms with van der Waals surface area (Å²) in [6.45, 7) is 0. The first-order chi connectivity index (χ1) is 7.70. The Labute approximate surface area is 97.7 Å². The average molecular weight is 386 g/mol. The van der Waals surface area contributed by atoms with E-state index in [-0.39, 0.29) is 11.4 Å². The van der Waals surface area contributed by atoms with Gasteiger partial charge < -0.3 is 0 Å². The van der Waals surface area contributed by atoms with Crippen LogP contribution in [0.4, 0.5) is 28.3 Å². The van der Waals surface area contributed by atoms with E-state index in [1.165, 1.54) is 18.2 Å². The van der Waals surface area contributed by atoms with Gasteiger partial charge in [-0.2, -0.15) is 0 Å². The number of diazo groups is 1. The number of para-hydroxylation sites is 1. The number of hydrogen-bond acceptors (Lipinski definition) is 3. The molecule has 0 aliphatic rings. The van der Waals surface area contributed by atoms with E-state index in [0.717, 1.165) is 0 Å². The van der Waals surface area contributed by atoms with Crippen molar-refractivity contribution in [3.05, 3.63) is 39.4 Å². The molecule has 5 nitrogen and oxygen atoms in total. The maximum atomic E-state index is 10.2. The summed E-state index contributed by atoms with van der Waals surface area (Å²) in [4.78, 5) is 12.4. The SMILES string of the molecule is N#[N+]c1ccccc1[N+](=O)[O-].[F][Sb-]([F])([F])([F])([F])[F]. The number of nitrogens with zero attached hydrogens (tertiary/aromatic N) is 3. The summed E-state index contributed by atoms with van der Waals surface area (Å²) in [5, 5.41) is 18.5. The molecule has 0 N–H and O–H groups in total. The summed E-state index contributed by atoms with van der Waals surface area (Å²) in [7, 11) is 0. The number of benzene rings is 1. The molecule has 0 atom stereocenters. The zero-order valence-electron chi connectivity index (χ0n) is 8.18. The van der Waals surface area contributed by atoms with E-state index in [9.17, 15) is 27.0 Å². The Kier molecular flexibility index (Phi) is 3.90. The molecule has 0 radical (unpaired) electrons. The maximum absolute atomic E-state index is 11.2. The molecule has 0 aliphatic heterocycles. The van der Waals surface area contributed by atoms with Gasteiger partial charge in [0.15, 0.2) is 4.98 Å². The molecule has 0 aromatic heterocycles. The van der Waals surface area contributed by atoms with E-state index in [1.807, 2.05) is 0 Å². The molecule has 0 heterocycles. The fraction of sp³-hybridized carbons (Fsp3) is 0. The summed E-state index contributed by atoms with van der Waals surface area (Å²) in [6, 6.07) is 5.70. The third-order valence-electron chi connectivity index (χ3n) is 1.19. The van der Waals surface area contributed by atoms with Crippen molar-refractivity contribution in [1.29, 1.82) is 5.39 Å². The van der Waals surface area contributed by atoms with Crippen LogP contribution in [0.1, 0.15) is 0 Å². The minimum atomic E-state index is -11.2. The predicted octanol–water partition coefficient (Wildman–Crippen LogP) is 4.22. The summed E-state index contributed by atoms with van der Waals surface area (Å²) < 4.78 is 59.6. The Bertz CT molecular complexity index is 496. The average Bonchev–Trinajstić information content (AvgIpc) is 2.12. The van der Waals surface area contributed by atoms with E-state index in [1.54, 1.807) is 6.07 Å². The predicted molar refractivity (Wildman–Crippen MR) is 50.2 cm³/mol. The topological polar surface area (TPSA) is 71.3 Å². The Hall–Kier alpha value is -1.56. The summed E-state index contributed by atoms with van der Waals surface area (Å²) >= 11 is -11.2. The molecule has 0 saturated carbocycles. The van der Waals surface area contributed by atoms with Crippen LogP contribution < -0.4 is 0 Å². The van der Waals surface area contributed by atoms with Gasteiger partial charge in [-0.25, -0.2) is 0 Å². The summed E-state index contributed by atoms with van der Waals surface area (Å²) in [5.74, 6) is 0. The van der Waals surface area contributed by atoms with Gasteiger partial charge in [-0.1, -0.05) is 12.1 Å². The number of rotatable bonds is 1. The minimum absolute atomic E-state index is 0.0301. The Morgan fingerprint density at radius 3 is 1.78 bits per heavy atom. The van der Waals surface area contributed by atoms with Crippen molar-refractivity contribution in [2.75, 3.05) is 0 Å². The van der Waals surface area contributed by atoms with Crippen LogP contribution in [-0.4, -0.2) is 24.4 Å². The van der Waals surface area contributed by atoms with E-state index in [0.29, 0.717) is 0 Å². The molecule has 1 aromatic rings. The van der Waals surface area contributed by atoms with Gasteiger partial charge in [0.25, 0.3) is 0 Å². The van der Waals surface area contributed by atoms with E-state index < -0.39 is 24.4 Å². The first-order valence-electron chi connectivity index (χ1n) is 3.85. The van der Waals surface area contributed by atoms with Crippen molar-refractivity contribution in [3.63, 3.8) is 0 Å². The van der Waals surface area contributed by atoms with Crippen LogP contribution in [0.2, 0.25) is 0 Å². The number of hydrogen-bond donors (Lipinski definition) is 0. The number of nitro benzene ring substituents is 1. The van der Waals surface area contributed by atoms with E-state index in [4.69, 9.17) is 5.39 Å². The quantitative estimate of drug-likeness (QED) is 0.239. The molecule has 0 fully saturated rings. The molecule has 102 valence electrons. The van der Waals surface area contributed by atoms with Gasteiger partial charge in [-0.15, -0.1) is 0 Å². The van der Waals surface area contributed by atoms with E-state index in [2.05, 4.69) is 4.98 Å². The van der Waals surface area contributed by atoms with Crippen molar-refractivity contribution in [2.24, 2.45) is 0 Å². The van der Waals surface area contributed by atoms with Crippen molar-refractivity contribution in [2.45, 2.75) is 0 Å². The second kappa shape index (κ2) is 4.27. The first kappa shape index (κ1) is 16.4. The molecule has 1 rings (SSSR count). The fourth-order valence-corrected chi connectivity index (χ4v) is 0.703. The zero-order valence-corrected chi connectivity index (χ0v) is 10.7. The molecule has 0 amide bonds. The Morgan fingerprint density at radius 2 is 1.50 bits per heavy atom. The molecular formula is C6H4F6N3O2Sb. The molecule has 0 bridgehead atoms. The van der Waals surface area contributed by atoms with Gasteiger partial charge in [-0.3, -0.25) is 10.1 Å². The second-order valence-corrected chi connectivity index (χ2v) is 8.27. The van der Waals surface area contributed by atoms with Crippen LogP contribution in [0.3, 0.4) is 0 Å². The molecule has 0 aliphatic carbocycles. The standard InChI is InChI=1S/C6H4N3O2.6FH.Sb/c7-8-5-3-1-2-4-6(5)9(10)11;;;;;;;/h1-4H;6*1H;/q+1;;;;;;;+5/p-6. The van der Waals surface area contributed by atoms with Gasteiger partial charge in [0.1, 0.15) is 0 Å². The Balaban J connectivity index is 0.000000360. The molecule has 0 unspecified atom stereocenters. The van der Waals surface area contributed by atoms with E-state index >= 15 is 0 Å². The van der Waals surface area contributed by atoms with Crippen molar-refractivity contribution in [3.8, 4) is 0 Å². The van der Waals surface area contributed by atoms with Crippen molar-refractivity contribution >= 4 is 30.8 Å². The zero-order chi connectivity index (χ0) is 14.7. The normalized spacial score (nSPS) is 14.3. The van der Waals surface area contributed by atoms with Gasteiger partial charge in [-0.05, 0) is 0 Å². The van der Waals surface area contributed by atoms with Crippen LogP contribution in [-0.2, 0) is 0 Å². The van der Waals surface area contributed by atoms with Crippen LogP contribution in [0.15, 0.2) is 24.3 Å². The van der Waals surface area contributed by atoms with Gasteiger partial charge in [0, 0.05) is 12.1 Å².